The molecule has 3 aromatic rings. The van der Waals surface area contributed by atoms with Gasteiger partial charge >= 0.3 is 0 Å². The molecule has 0 aliphatic carbocycles. The first-order chi connectivity index (χ1) is 15.7. The lowest BCUT2D eigenvalue weighted by Gasteiger charge is -2.26. The summed E-state index contributed by atoms with van der Waals surface area (Å²) in [7, 11) is -2.58. The van der Waals surface area contributed by atoms with Crippen molar-refractivity contribution < 1.29 is 23.1 Å². The monoisotopic (exact) mass is 467 g/mol. The van der Waals surface area contributed by atoms with E-state index < -0.39 is 22.5 Å². The number of nitrogens with zero attached hydrogens (tertiary/aromatic N) is 2. The number of carbonyl (C=O) groups excluding carboxylic acids is 1. The van der Waals surface area contributed by atoms with Gasteiger partial charge in [-0.1, -0.05) is 30.3 Å². The predicted octanol–water partition coefficient (Wildman–Crippen LogP) is 3.36. The summed E-state index contributed by atoms with van der Waals surface area (Å²) in [4.78, 5) is 12.8. The quantitative estimate of drug-likeness (QED) is 0.390. The van der Waals surface area contributed by atoms with Crippen LogP contribution >= 0.6 is 0 Å². The van der Waals surface area contributed by atoms with Gasteiger partial charge in [0.2, 0.25) is 0 Å². The molecule has 0 aromatic heterocycles. The van der Waals surface area contributed by atoms with E-state index >= 15 is 0 Å². The molecule has 2 N–H and O–H groups in total. The molecule has 0 spiro atoms. The van der Waals surface area contributed by atoms with Crippen LogP contribution in [0.15, 0.2) is 76.7 Å². The fraction of sp³-hybridized carbons (Fsp3) is 0.167. The number of anilines is 1. The van der Waals surface area contributed by atoms with Crippen LogP contribution in [0.4, 0.5) is 5.69 Å². The molecule has 0 saturated heterocycles. The molecular weight excluding hydrogens is 442 g/mol. The van der Waals surface area contributed by atoms with Crippen molar-refractivity contribution >= 4 is 27.8 Å². The topological polar surface area (TPSA) is 108 Å². The number of aryl methyl sites for hydroxylation is 1. The Kier molecular flexibility index (Phi) is 7.34. The number of hydrogen-bond acceptors (Lipinski definition) is 6. The summed E-state index contributed by atoms with van der Waals surface area (Å²) in [5.41, 5.74) is 5.01. The predicted molar refractivity (Wildman–Crippen MR) is 127 cm³/mol. The van der Waals surface area contributed by atoms with Crippen molar-refractivity contribution in [2.45, 2.75) is 18.7 Å². The minimum Gasteiger partial charge on any atom is -0.504 e. The molecule has 0 aliphatic rings. The fourth-order valence-corrected chi connectivity index (χ4v) is 4.64. The second-order valence-electron chi connectivity index (χ2n) is 7.27. The molecule has 8 nitrogen and oxygen atoms in total. The molecule has 0 saturated carbocycles. The zero-order chi connectivity index (χ0) is 24.0. The highest BCUT2D eigenvalue weighted by Crippen LogP contribution is 2.28. The van der Waals surface area contributed by atoms with Crippen LogP contribution in [0.1, 0.15) is 16.7 Å². The number of sulfonamides is 1. The van der Waals surface area contributed by atoms with Crippen LogP contribution in [0.2, 0.25) is 0 Å². The number of amides is 1. The van der Waals surface area contributed by atoms with E-state index in [0.29, 0.717) is 11.3 Å². The summed E-state index contributed by atoms with van der Waals surface area (Å²) in [6.45, 7) is 3.23. The summed E-state index contributed by atoms with van der Waals surface area (Å²) in [6, 6.07) is 17.8. The third-order valence-electron chi connectivity index (χ3n) is 5.07. The molecule has 0 aliphatic heterocycles. The minimum absolute atomic E-state index is 0.0195. The Hall–Kier alpha value is -3.85. The number of methoxy groups -OCH3 is 1. The van der Waals surface area contributed by atoms with E-state index in [0.717, 1.165) is 15.4 Å². The Labute approximate surface area is 193 Å². The van der Waals surface area contributed by atoms with Crippen LogP contribution < -0.4 is 14.5 Å². The standard InChI is InChI=1S/C24H25N3O5S/c1-17-8-7-11-21(18(17)2)27(33(30,31)20-9-5-4-6-10-20)16-24(29)26-25-15-19-12-13-22(28)23(14-19)32-3/h4-15,28H,16H2,1-3H3,(H,26,29)/b25-15-. The maximum Gasteiger partial charge on any atom is 0.264 e. The van der Waals surface area contributed by atoms with Gasteiger partial charge in [0.25, 0.3) is 15.9 Å². The van der Waals surface area contributed by atoms with Gasteiger partial charge < -0.3 is 9.84 Å². The van der Waals surface area contributed by atoms with Gasteiger partial charge in [-0.05, 0) is 66.9 Å². The molecule has 0 atom stereocenters. The molecule has 3 aromatic carbocycles. The first-order valence-corrected chi connectivity index (χ1v) is 11.5. The Balaban J connectivity index is 1.86. The number of benzene rings is 3. The number of ether oxygens (including phenoxy) is 1. The van der Waals surface area contributed by atoms with Gasteiger partial charge in [0.15, 0.2) is 11.5 Å². The van der Waals surface area contributed by atoms with Crippen molar-refractivity contribution in [2.24, 2.45) is 5.10 Å². The zero-order valence-electron chi connectivity index (χ0n) is 18.5. The SMILES string of the molecule is COc1cc(/C=N\NC(=O)CN(c2cccc(C)c2C)S(=O)(=O)c2ccccc2)ccc1O. The maximum absolute atomic E-state index is 13.4. The Morgan fingerprint density at radius 1 is 1.09 bits per heavy atom. The Morgan fingerprint density at radius 2 is 1.82 bits per heavy atom. The molecule has 0 radical (unpaired) electrons. The summed E-state index contributed by atoms with van der Waals surface area (Å²) in [5.74, 6) is -0.369. The molecule has 1 amide bonds. The van der Waals surface area contributed by atoms with Crippen molar-refractivity contribution in [3.05, 3.63) is 83.4 Å². The van der Waals surface area contributed by atoms with Crippen molar-refractivity contribution in [1.29, 1.82) is 0 Å². The smallest absolute Gasteiger partial charge is 0.264 e. The largest absolute Gasteiger partial charge is 0.504 e. The van der Waals surface area contributed by atoms with Gasteiger partial charge in [0, 0.05) is 0 Å². The normalized spacial score (nSPS) is 11.4. The van der Waals surface area contributed by atoms with E-state index in [2.05, 4.69) is 10.5 Å². The van der Waals surface area contributed by atoms with Crippen LogP contribution in [0.5, 0.6) is 11.5 Å². The molecule has 0 heterocycles. The van der Waals surface area contributed by atoms with Crippen LogP contribution in [0.25, 0.3) is 0 Å². The van der Waals surface area contributed by atoms with E-state index in [-0.39, 0.29) is 16.4 Å². The minimum atomic E-state index is -4.00. The highest BCUT2D eigenvalue weighted by molar-refractivity contribution is 7.92. The second-order valence-corrected chi connectivity index (χ2v) is 9.13. The molecule has 3 rings (SSSR count). The van der Waals surface area contributed by atoms with Gasteiger partial charge in [-0.2, -0.15) is 5.10 Å². The van der Waals surface area contributed by atoms with E-state index in [1.165, 1.54) is 31.5 Å². The lowest BCUT2D eigenvalue weighted by molar-refractivity contribution is -0.119. The van der Waals surface area contributed by atoms with Gasteiger partial charge in [-0.15, -0.1) is 0 Å². The molecule has 0 bridgehead atoms. The number of rotatable bonds is 8. The summed E-state index contributed by atoms with van der Waals surface area (Å²) < 4.78 is 32.9. The van der Waals surface area contributed by atoms with Crippen molar-refractivity contribution in [3.63, 3.8) is 0 Å². The summed E-state index contributed by atoms with van der Waals surface area (Å²) in [5, 5.41) is 13.6. The van der Waals surface area contributed by atoms with Gasteiger partial charge in [0.1, 0.15) is 6.54 Å². The zero-order valence-corrected chi connectivity index (χ0v) is 19.3. The Bertz CT molecular complexity index is 1270. The molecular formula is C24H25N3O5S. The van der Waals surface area contributed by atoms with E-state index in [4.69, 9.17) is 4.74 Å². The number of hydrazone groups is 1. The van der Waals surface area contributed by atoms with Crippen molar-refractivity contribution in [3.8, 4) is 11.5 Å². The number of phenols is 1. The van der Waals surface area contributed by atoms with Gasteiger partial charge in [-0.3, -0.25) is 9.10 Å². The van der Waals surface area contributed by atoms with E-state index in [1.807, 2.05) is 19.9 Å². The summed E-state index contributed by atoms with van der Waals surface area (Å²) in [6.07, 6.45) is 1.37. The van der Waals surface area contributed by atoms with Crippen molar-refractivity contribution in [2.75, 3.05) is 18.0 Å². The number of nitrogens with one attached hydrogen (secondary N) is 1. The first kappa shape index (κ1) is 23.8. The molecule has 9 heteroatoms. The van der Waals surface area contributed by atoms with Gasteiger partial charge in [-0.25, -0.2) is 13.8 Å². The average molecular weight is 468 g/mol. The van der Waals surface area contributed by atoms with Crippen LogP contribution in [0.3, 0.4) is 0 Å². The highest BCUT2D eigenvalue weighted by atomic mass is 32.2. The van der Waals surface area contributed by atoms with E-state index in [1.54, 1.807) is 42.5 Å². The van der Waals surface area contributed by atoms with Crippen LogP contribution in [0, 0.1) is 13.8 Å². The molecule has 0 fully saturated rings. The van der Waals surface area contributed by atoms with Gasteiger partial charge in [0.05, 0.1) is 23.9 Å². The van der Waals surface area contributed by atoms with Crippen LogP contribution in [-0.2, 0) is 14.8 Å². The number of carbonyl (C=O) groups is 1. The molecule has 33 heavy (non-hydrogen) atoms. The lowest BCUT2D eigenvalue weighted by atomic mass is 10.1. The van der Waals surface area contributed by atoms with Crippen LogP contribution in [-0.4, -0.2) is 39.3 Å². The number of aromatic hydroxyl groups is 1. The Morgan fingerprint density at radius 3 is 2.52 bits per heavy atom. The maximum atomic E-state index is 13.4. The highest BCUT2D eigenvalue weighted by Gasteiger charge is 2.28. The fourth-order valence-electron chi connectivity index (χ4n) is 3.14. The van der Waals surface area contributed by atoms with E-state index in [9.17, 15) is 18.3 Å². The van der Waals surface area contributed by atoms with Crippen molar-refractivity contribution in [1.82, 2.24) is 5.43 Å². The first-order valence-electron chi connectivity index (χ1n) is 10.1. The number of hydrogen-bond donors (Lipinski definition) is 2. The lowest BCUT2D eigenvalue weighted by Crippen LogP contribution is -2.40. The molecule has 172 valence electrons. The third-order valence-corrected chi connectivity index (χ3v) is 6.84. The third kappa shape index (κ3) is 5.50. The average Bonchev–Trinajstić information content (AvgIpc) is 2.81. The molecule has 0 unspecified atom stereocenters. The number of phenolic OH excluding ortho intramolecular Hbond substituents is 1. The second kappa shape index (κ2) is 10.2. The summed E-state index contributed by atoms with van der Waals surface area (Å²) >= 11 is 0.